The van der Waals surface area contributed by atoms with Gasteiger partial charge in [-0.05, 0) is 37.5 Å². The maximum Gasteiger partial charge on any atom is 0.415 e. The average molecular weight is 420 g/mol. The minimum absolute atomic E-state index is 0.0571. The first-order chi connectivity index (χ1) is 14.3. The largest absolute Gasteiger partial charge is 0.441 e. The summed E-state index contributed by atoms with van der Waals surface area (Å²) in [4.78, 5) is 28.3. The second-order valence-electron chi connectivity index (χ2n) is 8.22. The van der Waals surface area contributed by atoms with Crippen molar-refractivity contribution in [2.75, 3.05) is 11.4 Å². The molecular weight excluding hydrogens is 401 g/mol. The Balaban J connectivity index is 1.37. The van der Waals surface area contributed by atoms with Crippen molar-refractivity contribution in [2.24, 2.45) is 0 Å². The highest BCUT2D eigenvalue weighted by molar-refractivity contribution is 5.91. The number of carbonyl (C=O) groups excluding carboxylic acids is 2. The summed E-state index contributed by atoms with van der Waals surface area (Å²) < 4.78 is 47.4. The molecule has 1 aromatic heterocycles. The molecule has 0 radical (unpaired) electrons. The van der Waals surface area contributed by atoms with Gasteiger partial charge in [0.1, 0.15) is 5.60 Å². The van der Waals surface area contributed by atoms with Gasteiger partial charge in [0.15, 0.2) is 17.5 Å². The predicted octanol–water partition coefficient (Wildman–Crippen LogP) is 2.76. The molecule has 2 fully saturated rings. The third kappa shape index (κ3) is 3.01. The zero-order valence-electron chi connectivity index (χ0n) is 16.2. The van der Waals surface area contributed by atoms with E-state index in [0.29, 0.717) is 24.5 Å². The van der Waals surface area contributed by atoms with Crippen molar-refractivity contribution in [3.05, 3.63) is 47.0 Å². The van der Waals surface area contributed by atoms with E-state index >= 15 is 0 Å². The van der Waals surface area contributed by atoms with Gasteiger partial charge in [-0.25, -0.2) is 18.0 Å². The number of fused-ring (bicyclic) bond motifs is 1. The van der Waals surface area contributed by atoms with Crippen LogP contribution in [-0.4, -0.2) is 44.9 Å². The highest BCUT2D eigenvalue weighted by atomic mass is 19.2. The predicted molar refractivity (Wildman–Crippen MR) is 98.1 cm³/mol. The molecule has 1 atom stereocenters. The van der Waals surface area contributed by atoms with Gasteiger partial charge in [-0.1, -0.05) is 0 Å². The molecule has 2 aliphatic heterocycles. The lowest BCUT2D eigenvalue weighted by atomic mass is 10.1. The molecule has 3 aliphatic rings. The van der Waals surface area contributed by atoms with E-state index in [0.717, 1.165) is 25.0 Å². The number of benzene rings is 1. The molecule has 3 heterocycles. The van der Waals surface area contributed by atoms with Crippen molar-refractivity contribution in [2.45, 2.75) is 50.9 Å². The number of hydrogen-bond acceptors (Lipinski definition) is 4. The number of rotatable bonds is 3. The Labute approximate surface area is 170 Å². The van der Waals surface area contributed by atoms with Crippen LogP contribution in [0.2, 0.25) is 0 Å². The Morgan fingerprint density at radius 1 is 1.27 bits per heavy atom. The molecule has 1 aromatic carbocycles. The number of anilines is 1. The van der Waals surface area contributed by atoms with Crippen LogP contribution in [0, 0.1) is 17.5 Å². The van der Waals surface area contributed by atoms with E-state index < -0.39 is 23.5 Å². The summed E-state index contributed by atoms with van der Waals surface area (Å²) in [6.45, 7) is 2.92. The third-order valence-electron chi connectivity index (χ3n) is 6.00. The van der Waals surface area contributed by atoms with Gasteiger partial charge < -0.3 is 9.64 Å². The summed E-state index contributed by atoms with van der Waals surface area (Å²) in [5.74, 6) is -4.57. The number of halogens is 3. The van der Waals surface area contributed by atoms with Gasteiger partial charge in [0, 0.05) is 6.04 Å². The Morgan fingerprint density at radius 3 is 2.60 bits per heavy atom. The van der Waals surface area contributed by atoms with Gasteiger partial charge in [0.25, 0.3) is 0 Å². The fraction of sp³-hybridized carbons (Fsp3) is 0.450. The number of aromatic nitrogens is 2. The average Bonchev–Trinajstić information content (AvgIpc) is 3.19. The van der Waals surface area contributed by atoms with E-state index in [-0.39, 0.29) is 36.1 Å². The molecule has 0 N–H and O–H groups in total. The van der Waals surface area contributed by atoms with Crippen LogP contribution in [0.3, 0.4) is 0 Å². The molecule has 10 heteroatoms. The number of nitrogens with zero attached hydrogens (tertiary/aromatic N) is 4. The summed E-state index contributed by atoms with van der Waals surface area (Å²) in [5, 5.41) is 4.35. The Kier molecular flexibility index (Phi) is 4.09. The Morgan fingerprint density at radius 2 is 1.97 bits per heavy atom. The summed E-state index contributed by atoms with van der Waals surface area (Å²) in [5.41, 5.74) is 0.974. The molecule has 7 nitrogen and oxygen atoms in total. The fourth-order valence-electron chi connectivity index (χ4n) is 4.14. The monoisotopic (exact) mass is 420 g/mol. The summed E-state index contributed by atoms with van der Waals surface area (Å²) in [6.07, 6.45) is 2.59. The zero-order valence-corrected chi connectivity index (χ0v) is 16.2. The molecule has 2 amide bonds. The Hall–Kier alpha value is -3.04. The summed E-state index contributed by atoms with van der Waals surface area (Å²) >= 11 is 0. The highest BCUT2D eigenvalue weighted by Gasteiger charge is 2.55. The fourth-order valence-corrected chi connectivity index (χ4v) is 4.14. The lowest BCUT2D eigenvalue weighted by Crippen LogP contribution is -2.46. The van der Waals surface area contributed by atoms with E-state index in [4.69, 9.17) is 4.74 Å². The second kappa shape index (κ2) is 6.48. The van der Waals surface area contributed by atoms with Gasteiger partial charge in [0.05, 0.1) is 43.6 Å². The van der Waals surface area contributed by atoms with Crippen molar-refractivity contribution in [3.63, 3.8) is 0 Å². The van der Waals surface area contributed by atoms with Crippen molar-refractivity contribution >= 4 is 17.7 Å². The minimum atomic E-state index is -1.56. The van der Waals surface area contributed by atoms with Gasteiger partial charge in [-0.3, -0.25) is 14.4 Å². The van der Waals surface area contributed by atoms with Crippen LogP contribution < -0.4 is 4.90 Å². The van der Waals surface area contributed by atoms with Crippen molar-refractivity contribution in [1.29, 1.82) is 0 Å². The highest BCUT2D eigenvalue weighted by Crippen LogP contribution is 2.46. The number of hydrogen-bond donors (Lipinski definition) is 0. The number of carbonyl (C=O) groups is 2. The van der Waals surface area contributed by atoms with Crippen LogP contribution in [0.5, 0.6) is 0 Å². The van der Waals surface area contributed by atoms with Gasteiger partial charge in [0.2, 0.25) is 5.91 Å². The topological polar surface area (TPSA) is 67.7 Å². The van der Waals surface area contributed by atoms with Crippen LogP contribution in [0.1, 0.15) is 31.0 Å². The van der Waals surface area contributed by atoms with Crippen molar-refractivity contribution < 1.29 is 27.5 Å². The van der Waals surface area contributed by atoms with E-state index in [1.807, 2.05) is 6.92 Å². The minimum Gasteiger partial charge on any atom is -0.441 e. The normalized spacial score (nSPS) is 21.7. The summed E-state index contributed by atoms with van der Waals surface area (Å²) in [6, 6.07) is 1.44. The lowest BCUT2D eigenvalue weighted by Gasteiger charge is -2.35. The molecule has 0 bridgehead atoms. The van der Waals surface area contributed by atoms with Crippen LogP contribution in [-0.2, 0) is 29.0 Å². The quantitative estimate of drug-likeness (QED) is 0.717. The Bertz CT molecular complexity index is 1040. The van der Waals surface area contributed by atoms with Crippen molar-refractivity contribution in [1.82, 2.24) is 14.7 Å². The van der Waals surface area contributed by atoms with Gasteiger partial charge in [-0.2, -0.15) is 5.10 Å². The molecule has 30 heavy (non-hydrogen) atoms. The first-order valence-corrected chi connectivity index (χ1v) is 9.74. The molecule has 1 saturated heterocycles. The summed E-state index contributed by atoms with van der Waals surface area (Å²) in [7, 11) is 0. The molecule has 5 rings (SSSR count). The number of amides is 2. The molecule has 1 aliphatic carbocycles. The molecule has 158 valence electrons. The van der Waals surface area contributed by atoms with Crippen LogP contribution in [0.15, 0.2) is 18.3 Å². The van der Waals surface area contributed by atoms with Crippen molar-refractivity contribution in [3.8, 4) is 0 Å². The van der Waals surface area contributed by atoms with E-state index in [1.165, 1.54) is 0 Å². The molecule has 1 spiro atoms. The third-order valence-corrected chi connectivity index (χ3v) is 6.00. The van der Waals surface area contributed by atoms with Crippen LogP contribution in [0.25, 0.3) is 0 Å². The van der Waals surface area contributed by atoms with Gasteiger partial charge >= 0.3 is 6.09 Å². The molecule has 2 aromatic rings. The number of ether oxygens (including phenoxy) is 1. The second-order valence-corrected chi connectivity index (χ2v) is 8.22. The first kappa shape index (κ1) is 19.0. The van der Waals surface area contributed by atoms with Gasteiger partial charge in [-0.15, -0.1) is 0 Å². The smallest absolute Gasteiger partial charge is 0.415 e. The van der Waals surface area contributed by atoms with E-state index in [1.54, 1.807) is 20.7 Å². The molecular formula is C20H19F3N4O3. The van der Waals surface area contributed by atoms with Crippen LogP contribution >= 0.6 is 0 Å². The zero-order chi connectivity index (χ0) is 21.2. The van der Waals surface area contributed by atoms with E-state index in [2.05, 4.69) is 5.10 Å². The van der Waals surface area contributed by atoms with E-state index in [9.17, 15) is 22.8 Å². The SMILES string of the molecule is C[C@H]1Cn2ncc(N3CC4(CC4)OC3=O)c2CN1C(=O)Cc1cc(F)c(F)c(F)c1. The maximum absolute atomic E-state index is 13.5. The maximum atomic E-state index is 13.5. The van der Waals surface area contributed by atoms with Crippen LogP contribution in [0.4, 0.5) is 23.7 Å². The standard InChI is InChI=1S/C20H19F3N4O3/c1-11-8-27-16(15(7-24-27)26-10-20(2-3-20)30-19(26)29)9-25(11)17(28)6-12-4-13(21)18(23)14(22)5-12/h4-5,7,11H,2-3,6,8-10H2,1H3/t11-/m0/s1. The molecule has 1 saturated carbocycles. The first-order valence-electron chi connectivity index (χ1n) is 9.74. The lowest BCUT2D eigenvalue weighted by molar-refractivity contribution is -0.134. The molecule has 0 unspecified atom stereocenters.